The minimum Gasteiger partial charge on any atom is -0.501 e. The van der Waals surface area contributed by atoms with Crippen LogP contribution in [0.3, 0.4) is 0 Å². The maximum Gasteiger partial charge on any atom is 0.100 e. The van der Waals surface area contributed by atoms with E-state index >= 15 is 0 Å². The van der Waals surface area contributed by atoms with Gasteiger partial charge in [-0.2, -0.15) is 0 Å². The maximum atomic E-state index is 11.4. The highest BCUT2D eigenvalue weighted by atomic mass is 16.5. The first-order chi connectivity index (χ1) is 13.9. The molecule has 1 heterocycles. The van der Waals surface area contributed by atoms with Crippen molar-refractivity contribution in [1.29, 1.82) is 0 Å². The SMILES string of the molecule is COC1=C(c2cccnc2)[C@@]2(C)CC[C@H]3[C@@H]([C@@H](O)CC4C[C@@H](O)CC[C@@]43C)[C@@H]2C1. The number of aromatic nitrogens is 1. The number of nitrogens with zero attached hydrogens (tertiary/aromatic N) is 1. The van der Waals surface area contributed by atoms with Crippen LogP contribution in [0.4, 0.5) is 0 Å². The van der Waals surface area contributed by atoms with Gasteiger partial charge in [0, 0.05) is 29.8 Å². The molecule has 0 saturated heterocycles. The van der Waals surface area contributed by atoms with E-state index in [1.807, 2.05) is 18.5 Å². The molecule has 0 bridgehead atoms. The van der Waals surface area contributed by atoms with Gasteiger partial charge in [0.1, 0.15) is 5.76 Å². The second-order valence-electron chi connectivity index (χ2n) is 10.6. The first kappa shape index (κ1) is 19.6. The molecule has 0 aliphatic heterocycles. The second kappa shape index (κ2) is 6.81. The van der Waals surface area contributed by atoms with Crippen molar-refractivity contribution < 1.29 is 14.9 Å². The first-order valence-corrected chi connectivity index (χ1v) is 11.4. The van der Waals surface area contributed by atoms with E-state index in [4.69, 9.17) is 4.74 Å². The average molecular weight is 398 g/mol. The number of pyridine rings is 1. The van der Waals surface area contributed by atoms with Crippen LogP contribution in [0.15, 0.2) is 30.3 Å². The minimum atomic E-state index is -0.278. The lowest BCUT2D eigenvalue weighted by Gasteiger charge is -2.61. The lowest BCUT2D eigenvalue weighted by molar-refractivity contribution is -0.164. The van der Waals surface area contributed by atoms with Crippen LogP contribution in [0.25, 0.3) is 5.57 Å². The summed E-state index contributed by atoms with van der Waals surface area (Å²) in [6.45, 7) is 4.85. The van der Waals surface area contributed by atoms with Crippen molar-refractivity contribution in [2.24, 2.45) is 34.5 Å². The summed E-state index contributed by atoms with van der Waals surface area (Å²) in [6, 6.07) is 4.16. The van der Waals surface area contributed by atoms with E-state index in [9.17, 15) is 10.2 Å². The summed E-state index contributed by atoms with van der Waals surface area (Å²) in [5.41, 5.74) is 2.75. The quantitative estimate of drug-likeness (QED) is 0.775. The lowest BCUT2D eigenvalue weighted by Crippen LogP contribution is -2.58. The van der Waals surface area contributed by atoms with E-state index in [0.717, 1.165) is 50.7 Å². The number of rotatable bonds is 2. The van der Waals surface area contributed by atoms with Gasteiger partial charge in [0.05, 0.1) is 19.3 Å². The molecule has 5 rings (SSSR count). The number of ether oxygens (including phenoxy) is 1. The summed E-state index contributed by atoms with van der Waals surface area (Å²) >= 11 is 0. The highest BCUT2D eigenvalue weighted by molar-refractivity contribution is 5.74. The Labute approximate surface area is 174 Å². The van der Waals surface area contributed by atoms with Crippen LogP contribution in [0.2, 0.25) is 0 Å². The molecular formula is C25H35NO3. The Balaban J connectivity index is 1.53. The summed E-state index contributed by atoms with van der Waals surface area (Å²) < 4.78 is 5.93. The van der Waals surface area contributed by atoms with Gasteiger partial charge in [0.2, 0.25) is 0 Å². The molecule has 0 amide bonds. The van der Waals surface area contributed by atoms with Crippen molar-refractivity contribution >= 4 is 5.57 Å². The Morgan fingerprint density at radius 2 is 1.93 bits per heavy atom. The minimum absolute atomic E-state index is 0.0217. The standard InChI is InChI=1S/C25H35NO3/c1-24-8-6-17(27)11-16(24)12-20(28)22-18(24)7-9-25(2)19(22)13-21(29-3)23(25)15-5-4-10-26-14-15/h4-5,10,14,16-20,22,27-28H,6-9,11-13H2,1-3H3/t16?,17-,18-,19-,20-,22+,24-,25-/m0/s1. The van der Waals surface area contributed by atoms with Gasteiger partial charge in [-0.1, -0.05) is 19.9 Å². The number of hydrogen-bond donors (Lipinski definition) is 2. The molecule has 1 aromatic rings. The molecular weight excluding hydrogens is 362 g/mol. The van der Waals surface area contributed by atoms with Crippen LogP contribution >= 0.6 is 0 Å². The molecule has 0 radical (unpaired) electrons. The number of aliphatic hydroxyl groups excluding tert-OH is 2. The van der Waals surface area contributed by atoms with Crippen molar-refractivity contribution in [2.75, 3.05) is 7.11 Å². The number of fused-ring (bicyclic) bond motifs is 5. The molecule has 4 nitrogen and oxygen atoms in total. The fourth-order valence-electron chi connectivity index (χ4n) is 8.02. The third-order valence-electron chi connectivity index (χ3n) is 9.50. The van der Waals surface area contributed by atoms with Gasteiger partial charge in [-0.3, -0.25) is 4.98 Å². The molecule has 2 N–H and O–H groups in total. The molecule has 1 aromatic heterocycles. The van der Waals surface area contributed by atoms with Crippen molar-refractivity contribution in [3.63, 3.8) is 0 Å². The molecule has 4 aliphatic carbocycles. The molecule has 158 valence electrons. The number of allylic oxidation sites excluding steroid dienone is 2. The van der Waals surface area contributed by atoms with Gasteiger partial charge in [-0.05, 0) is 79.2 Å². The number of hydrogen-bond acceptors (Lipinski definition) is 4. The molecule has 1 unspecified atom stereocenters. The summed E-state index contributed by atoms with van der Waals surface area (Å²) in [5.74, 6) is 2.79. The molecule has 8 atom stereocenters. The van der Waals surface area contributed by atoms with E-state index < -0.39 is 0 Å². The van der Waals surface area contributed by atoms with Gasteiger partial charge in [0.15, 0.2) is 0 Å². The van der Waals surface area contributed by atoms with E-state index in [1.165, 1.54) is 11.1 Å². The van der Waals surface area contributed by atoms with Gasteiger partial charge >= 0.3 is 0 Å². The third-order valence-corrected chi connectivity index (χ3v) is 9.50. The van der Waals surface area contributed by atoms with Crippen LogP contribution < -0.4 is 0 Å². The monoisotopic (exact) mass is 397 g/mol. The summed E-state index contributed by atoms with van der Waals surface area (Å²) in [5, 5.41) is 21.6. The third kappa shape index (κ3) is 2.75. The van der Waals surface area contributed by atoms with E-state index in [0.29, 0.717) is 23.7 Å². The van der Waals surface area contributed by atoms with Crippen molar-refractivity contribution in [1.82, 2.24) is 4.98 Å². The van der Waals surface area contributed by atoms with Gasteiger partial charge in [-0.15, -0.1) is 0 Å². The van der Waals surface area contributed by atoms with Gasteiger partial charge in [0.25, 0.3) is 0 Å². The van der Waals surface area contributed by atoms with Crippen LogP contribution in [-0.4, -0.2) is 34.5 Å². The van der Waals surface area contributed by atoms with Crippen LogP contribution in [-0.2, 0) is 4.74 Å². The van der Waals surface area contributed by atoms with E-state index in [2.05, 4.69) is 24.9 Å². The Morgan fingerprint density at radius 1 is 1.10 bits per heavy atom. The predicted octanol–water partition coefficient (Wildman–Crippen LogP) is 4.42. The smallest absolute Gasteiger partial charge is 0.100 e. The second-order valence-corrected chi connectivity index (χ2v) is 10.6. The Kier molecular flexibility index (Phi) is 4.60. The molecule has 4 aliphatic rings. The van der Waals surface area contributed by atoms with Crippen LogP contribution in [0, 0.1) is 34.5 Å². The summed E-state index contributed by atoms with van der Waals surface area (Å²) in [4.78, 5) is 4.37. The molecule has 0 aromatic carbocycles. The number of methoxy groups -OCH3 is 1. The zero-order valence-electron chi connectivity index (χ0n) is 18.0. The fourth-order valence-corrected chi connectivity index (χ4v) is 8.02. The van der Waals surface area contributed by atoms with Crippen molar-refractivity contribution in [3.05, 3.63) is 35.8 Å². The fraction of sp³-hybridized carbons (Fsp3) is 0.720. The topological polar surface area (TPSA) is 62.6 Å². The normalized spacial score (nSPS) is 46.7. The molecule has 3 saturated carbocycles. The zero-order chi connectivity index (χ0) is 20.4. The van der Waals surface area contributed by atoms with Crippen molar-refractivity contribution in [3.8, 4) is 0 Å². The van der Waals surface area contributed by atoms with Crippen LogP contribution in [0.5, 0.6) is 0 Å². The Morgan fingerprint density at radius 3 is 2.66 bits per heavy atom. The predicted molar refractivity (Wildman–Crippen MR) is 113 cm³/mol. The highest BCUT2D eigenvalue weighted by Gasteiger charge is 2.62. The molecule has 29 heavy (non-hydrogen) atoms. The first-order valence-electron chi connectivity index (χ1n) is 11.4. The molecule has 3 fully saturated rings. The highest BCUT2D eigenvalue weighted by Crippen LogP contribution is 2.68. The lowest BCUT2D eigenvalue weighted by atomic mass is 9.44. The number of aliphatic hydroxyl groups is 2. The Hall–Kier alpha value is -1.39. The average Bonchev–Trinajstić information content (AvgIpc) is 3.02. The Bertz CT molecular complexity index is 808. The van der Waals surface area contributed by atoms with Gasteiger partial charge < -0.3 is 14.9 Å². The van der Waals surface area contributed by atoms with Crippen LogP contribution in [0.1, 0.15) is 64.4 Å². The van der Waals surface area contributed by atoms with Gasteiger partial charge in [-0.25, -0.2) is 0 Å². The summed E-state index contributed by atoms with van der Waals surface area (Å²) in [7, 11) is 1.79. The van der Waals surface area contributed by atoms with Crippen molar-refractivity contribution in [2.45, 2.75) is 71.0 Å². The maximum absolute atomic E-state index is 11.4. The molecule has 0 spiro atoms. The van der Waals surface area contributed by atoms with E-state index in [-0.39, 0.29) is 23.0 Å². The summed E-state index contributed by atoms with van der Waals surface area (Å²) in [6.07, 6.45) is 10.2. The van der Waals surface area contributed by atoms with E-state index in [1.54, 1.807) is 7.11 Å². The molecule has 4 heteroatoms. The zero-order valence-corrected chi connectivity index (χ0v) is 18.0. The largest absolute Gasteiger partial charge is 0.501 e.